The van der Waals surface area contributed by atoms with E-state index in [0.29, 0.717) is 10.5 Å². The number of rotatable bonds is 5. The summed E-state index contributed by atoms with van der Waals surface area (Å²) in [4.78, 5) is 12.5. The van der Waals surface area contributed by atoms with Crippen LogP contribution in [-0.4, -0.2) is 15.7 Å². The Hall–Kier alpha value is -1.81. The number of carbonyl (C=O) groups excluding carboxylic acids is 1. The summed E-state index contributed by atoms with van der Waals surface area (Å²) in [6.45, 7) is 1.90. The SMILES string of the molecule is Cc1cccc(S(=O)CC(=O)Cc2ccccc2F)c1. The van der Waals surface area contributed by atoms with Crippen LogP contribution >= 0.6 is 0 Å². The number of aryl methyl sites for hydroxylation is 1. The largest absolute Gasteiger partial charge is 0.298 e. The van der Waals surface area contributed by atoms with Gasteiger partial charge in [-0.2, -0.15) is 0 Å². The predicted molar refractivity (Wildman–Crippen MR) is 77.6 cm³/mol. The van der Waals surface area contributed by atoms with Crippen LogP contribution in [0.5, 0.6) is 0 Å². The first-order chi connectivity index (χ1) is 9.56. The first-order valence-corrected chi connectivity index (χ1v) is 7.58. The molecule has 0 aliphatic carbocycles. The Morgan fingerprint density at radius 1 is 1.15 bits per heavy atom. The van der Waals surface area contributed by atoms with Crippen LogP contribution in [0.1, 0.15) is 11.1 Å². The Morgan fingerprint density at radius 3 is 2.60 bits per heavy atom. The number of halogens is 1. The molecule has 0 aliphatic heterocycles. The summed E-state index contributed by atoms with van der Waals surface area (Å²) in [7, 11) is -1.38. The Bertz CT molecular complexity index is 652. The molecular formula is C16H15FO2S. The van der Waals surface area contributed by atoms with E-state index < -0.39 is 16.6 Å². The van der Waals surface area contributed by atoms with Gasteiger partial charge in [-0.15, -0.1) is 0 Å². The molecule has 20 heavy (non-hydrogen) atoms. The van der Waals surface area contributed by atoms with Gasteiger partial charge in [-0.1, -0.05) is 30.3 Å². The molecule has 0 fully saturated rings. The lowest BCUT2D eigenvalue weighted by atomic mass is 10.1. The standard InChI is InChI=1S/C16H15FO2S/c1-12-5-4-7-15(9-12)20(19)11-14(18)10-13-6-2-3-8-16(13)17/h2-9H,10-11H2,1H3. The number of hydrogen-bond acceptors (Lipinski definition) is 2. The van der Waals surface area contributed by atoms with Gasteiger partial charge in [0.1, 0.15) is 11.6 Å². The van der Waals surface area contributed by atoms with Gasteiger partial charge >= 0.3 is 0 Å². The molecule has 0 amide bonds. The van der Waals surface area contributed by atoms with E-state index in [0.717, 1.165) is 5.56 Å². The van der Waals surface area contributed by atoms with Gasteiger partial charge in [0.2, 0.25) is 0 Å². The molecule has 0 saturated carbocycles. The van der Waals surface area contributed by atoms with E-state index in [1.807, 2.05) is 19.1 Å². The molecule has 0 N–H and O–H groups in total. The second kappa shape index (κ2) is 6.57. The molecule has 0 bridgehead atoms. The fraction of sp³-hybridized carbons (Fsp3) is 0.188. The molecule has 0 spiro atoms. The molecule has 4 heteroatoms. The highest BCUT2D eigenvalue weighted by Crippen LogP contribution is 2.11. The quantitative estimate of drug-likeness (QED) is 0.848. The Balaban J connectivity index is 2.02. The van der Waals surface area contributed by atoms with Crippen LogP contribution < -0.4 is 0 Å². The van der Waals surface area contributed by atoms with Crippen molar-refractivity contribution in [1.82, 2.24) is 0 Å². The van der Waals surface area contributed by atoms with Gasteiger partial charge in [-0.05, 0) is 36.2 Å². The van der Waals surface area contributed by atoms with Gasteiger partial charge in [0.15, 0.2) is 0 Å². The van der Waals surface area contributed by atoms with Gasteiger partial charge in [0.05, 0.1) is 16.6 Å². The fourth-order valence-corrected chi connectivity index (χ4v) is 3.00. The third-order valence-electron chi connectivity index (χ3n) is 2.89. The molecule has 1 unspecified atom stereocenters. The van der Waals surface area contributed by atoms with E-state index in [-0.39, 0.29) is 18.0 Å². The Kier molecular flexibility index (Phi) is 4.79. The zero-order chi connectivity index (χ0) is 14.5. The monoisotopic (exact) mass is 290 g/mol. The van der Waals surface area contributed by atoms with Crippen molar-refractivity contribution in [3.8, 4) is 0 Å². The van der Waals surface area contributed by atoms with Gasteiger partial charge in [-0.25, -0.2) is 4.39 Å². The third kappa shape index (κ3) is 3.84. The lowest BCUT2D eigenvalue weighted by molar-refractivity contribution is -0.116. The van der Waals surface area contributed by atoms with E-state index in [9.17, 15) is 13.4 Å². The normalized spacial score (nSPS) is 12.1. The van der Waals surface area contributed by atoms with Crippen LogP contribution in [0.25, 0.3) is 0 Å². The topological polar surface area (TPSA) is 34.1 Å². The summed E-state index contributed by atoms with van der Waals surface area (Å²) in [6.07, 6.45) is -0.0236. The van der Waals surface area contributed by atoms with Crippen molar-refractivity contribution in [2.45, 2.75) is 18.2 Å². The molecule has 0 aliphatic rings. The number of ketones is 1. The van der Waals surface area contributed by atoms with Gasteiger partial charge < -0.3 is 0 Å². The molecule has 1 atom stereocenters. The minimum absolute atomic E-state index is 0.0236. The maximum absolute atomic E-state index is 13.4. The van der Waals surface area contributed by atoms with Crippen LogP contribution in [0, 0.1) is 12.7 Å². The van der Waals surface area contributed by atoms with E-state index in [1.54, 1.807) is 30.3 Å². The van der Waals surface area contributed by atoms with E-state index >= 15 is 0 Å². The highest BCUT2D eigenvalue weighted by molar-refractivity contribution is 7.85. The highest BCUT2D eigenvalue weighted by atomic mass is 32.2. The zero-order valence-corrected chi connectivity index (χ0v) is 12.0. The molecule has 0 radical (unpaired) electrons. The minimum Gasteiger partial charge on any atom is -0.298 e. The zero-order valence-electron chi connectivity index (χ0n) is 11.1. The van der Waals surface area contributed by atoms with Crippen molar-refractivity contribution < 1.29 is 13.4 Å². The summed E-state index contributed by atoms with van der Waals surface area (Å²) in [5, 5.41) is 0. The molecule has 0 aromatic heterocycles. The van der Waals surface area contributed by atoms with Gasteiger partial charge in [0, 0.05) is 11.3 Å². The van der Waals surface area contributed by atoms with Gasteiger partial charge in [-0.3, -0.25) is 9.00 Å². The van der Waals surface area contributed by atoms with Crippen molar-refractivity contribution in [3.63, 3.8) is 0 Å². The molecule has 2 aromatic carbocycles. The molecule has 2 nitrogen and oxygen atoms in total. The van der Waals surface area contributed by atoms with Crippen LogP contribution in [-0.2, 0) is 22.0 Å². The third-order valence-corrected chi connectivity index (χ3v) is 4.25. The van der Waals surface area contributed by atoms with Crippen molar-refractivity contribution in [3.05, 3.63) is 65.5 Å². The average Bonchev–Trinajstić information content (AvgIpc) is 2.41. The number of hydrogen-bond donors (Lipinski definition) is 0. The maximum atomic E-state index is 13.4. The maximum Gasteiger partial charge on any atom is 0.150 e. The smallest absolute Gasteiger partial charge is 0.150 e. The molecule has 2 rings (SSSR count). The van der Waals surface area contributed by atoms with Crippen molar-refractivity contribution in [1.29, 1.82) is 0 Å². The van der Waals surface area contributed by atoms with Crippen LogP contribution in [0.4, 0.5) is 4.39 Å². The molecule has 0 heterocycles. The van der Waals surface area contributed by atoms with E-state index in [2.05, 4.69) is 0 Å². The molecule has 0 saturated heterocycles. The first kappa shape index (κ1) is 14.6. The summed E-state index contributed by atoms with van der Waals surface area (Å²) in [5.74, 6) is -0.713. The second-order valence-electron chi connectivity index (χ2n) is 4.61. The van der Waals surface area contributed by atoms with Gasteiger partial charge in [0.25, 0.3) is 0 Å². The average molecular weight is 290 g/mol. The van der Waals surface area contributed by atoms with Crippen molar-refractivity contribution >= 4 is 16.6 Å². The van der Waals surface area contributed by atoms with Crippen LogP contribution in [0.15, 0.2) is 53.4 Å². The fourth-order valence-electron chi connectivity index (χ4n) is 1.89. The van der Waals surface area contributed by atoms with Crippen molar-refractivity contribution in [2.24, 2.45) is 0 Å². The summed E-state index contributed by atoms with van der Waals surface area (Å²) in [5.41, 5.74) is 1.34. The lowest BCUT2D eigenvalue weighted by Crippen LogP contribution is -2.14. The number of carbonyl (C=O) groups is 1. The minimum atomic E-state index is -1.38. The Morgan fingerprint density at radius 2 is 1.90 bits per heavy atom. The van der Waals surface area contributed by atoms with Crippen LogP contribution in [0.3, 0.4) is 0 Å². The molecule has 2 aromatic rings. The summed E-state index contributed by atoms with van der Waals surface area (Å²) < 4.78 is 25.5. The highest BCUT2D eigenvalue weighted by Gasteiger charge is 2.13. The summed E-state index contributed by atoms with van der Waals surface area (Å²) in [6, 6.07) is 13.4. The van der Waals surface area contributed by atoms with Crippen molar-refractivity contribution in [2.75, 3.05) is 5.75 Å². The Labute approximate surface area is 120 Å². The number of Topliss-reactive ketones (excluding diaryl/α,β-unsaturated/α-hetero) is 1. The molecule has 104 valence electrons. The lowest BCUT2D eigenvalue weighted by Gasteiger charge is -2.04. The number of benzene rings is 2. The first-order valence-electron chi connectivity index (χ1n) is 6.26. The van der Waals surface area contributed by atoms with Crippen LogP contribution in [0.2, 0.25) is 0 Å². The van der Waals surface area contributed by atoms with E-state index in [4.69, 9.17) is 0 Å². The second-order valence-corrected chi connectivity index (χ2v) is 6.06. The summed E-state index contributed by atoms with van der Waals surface area (Å²) >= 11 is 0. The predicted octanol–water partition coefficient (Wildman–Crippen LogP) is 3.05. The molecular weight excluding hydrogens is 275 g/mol. The van der Waals surface area contributed by atoms with E-state index in [1.165, 1.54) is 6.07 Å².